The van der Waals surface area contributed by atoms with Gasteiger partial charge in [-0.25, -0.2) is 0 Å². The van der Waals surface area contributed by atoms with E-state index in [9.17, 15) is 19.5 Å². The van der Waals surface area contributed by atoms with Crippen molar-refractivity contribution in [1.82, 2.24) is 15.0 Å². The van der Waals surface area contributed by atoms with Gasteiger partial charge in [-0.05, 0) is 83.5 Å². The van der Waals surface area contributed by atoms with Crippen LogP contribution < -0.4 is 14.5 Å². The molecule has 4 heterocycles. The third kappa shape index (κ3) is 6.69. The number of carbonyl (C=O) groups is 2. The molecule has 0 bridgehead atoms. The third-order valence-electron chi connectivity index (χ3n) is 10.2. The minimum atomic E-state index is -2.90. The van der Waals surface area contributed by atoms with E-state index in [2.05, 4.69) is 43.2 Å². The molecule has 50 heavy (non-hydrogen) atoms. The Morgan fingerprint density at radius 2 is 1.88 bits per heavy atom. The predicted molar refractivity (Wildman–Crippen MR) is 195 cm³/mol. The van der Waals surface area contributed by atoms with E-state index in [1.54, 1.807) is 14.5 Å². The Kier molecular flexibility index (Phi) is 10.2. The van der Waals surface area contributed by atoms with Gasteiger partial charge in [-0.15, -0.1) is 5.10 Å². The molecule has 2 aromatic carbocycles. The molecule has 6 rings (SSSR count). The number of aliphatic hydroxyl groups excluding tert-OH is 1. The zero-order valence-corrected chi connectivity index (χ0v) is 30.9. The number of rotatable bonds is 12. The number of nitrogens with zero attached hydrogens (tertiary/aromatic N) is 5. The molecule has 0 aliphatic carbocycles. The summed E-state index contributed by atoms with van der Waals surface area (Å²) in [7, 11) is -2.90. The quantitative estimate of drug-likeness (QED) is 0.179. The van der Waals surface area contributed by atoms with Crippen molar-refractivity contribution < 1.29 is 29.0 Å². The number of allylic oxidation sites excluding steroid dienone is 3. The van der Waals surface area contributed by atoms with E-state index in [-0.39, 0.29) is 36.5 Å². The fraction of sp³-hybridized carbons (Fsp3) is 0.474. The molecule has 1 spiro atoms. The Morgan fingerprint density at radius 3 is 2.62 bits per heavy atom. The van der Waals surface area contributed by atoms with Gasteiger partial charge in [-0.1, -0.05) is 47.6 Å². The molecule has 1 fully saturated rings. The Morgan fingerprint density at radius 1 is 1.10 bits per heavy atom. The van der Waals surface area contributed by atoms with Crippen molar-refractivity contribution in [2.45, 2.75) is 90.3 Å². The van der Waals surface area contributed by atoms with Crippen molar-refractivity contribution in [3.8, 4) is 5.75 Å². The monoisotopic (exact) mass is 699 g/mol. The number of carbonyl (C=O) groups excluding carboxylic acids is 2. The normalized spacial score (nSPS) is 23.4. The topological polar surface area (TPSA) is 130 Å². The molecular formula is C38H49N5O6Si. The second kappa shape index (κ2) is 14.3. The predicted octanol–water partition coefficient (Wildman–Crippen LogP) is 5.80. The third-order valence-corrected chi connectivity index (χ3v) is 12.7. The molecule has 3 aliphatic heterocycles. The number of fused-ring (bicyclic) bond motifs is 3. The van der Waals surface area contributed by atoms with Gasteiger partial charge >= 0.3 is 0 Å². The summed E-state index contributed by atoms with van der Waals surface area (Å²) in [6.45, 7) is 12.9. The molecule has 3 aromatic rings. The van der Waals surface area contributed by atoms with Crippen LogP contribution in [-0.4, -0.2) is 70.9 Å². The van der Waals surface area contributed by atoms with Crippen LogP contribution in [0.1, 0.15) is 58.2 Å². The van der Waals surface area contributed by atoms with Crippen molar-refractivity contribution in [3.05, 3.63) is 83.2 Å². The first-order valence-corrected chi connectivity index (χ1v) is 20.6. The zero-order chi connectivity index (χ0) is 35.8. The summed E-state index contributed by atoms with van der Waals surface area (Å²) in [5, 5.41) is 17.7. The Balaban J connectivity index is 1.41. The van der Waals surface area contributed by atoms with Crippen molar-refractivity contribution in [1.29, 1.82) is 0 Å². The molecule has 2 N–H and O–H groups in total. The smallest absolute Gasteiger partial charge is 0.269 e. The van der Waals surface area contributed by atoms with E-state index >= 15 is 0 Å². The van der Waals surface area contributed by atoms with E-state index in [1.807, 2.05) is 68.7 Å². The van der Waals surface area contributed by atoms with Crippen molar-refractivity contribution in [2.24, 2.45) is 5.92 Å². The van der Waals surface area contributed by atoms with Gasteiger partial charge in [-0.3, -0.25) is 19.2 Å². The Bertz CT molecular complexity index is 1810. The maximum atomic E-state index is 15.0. The van der Waals surface area contributed by atoms with Gasteiger partial charge < -0.3 is 24.3 Å². The zero-order valence-electron chi connectivity index (χ0n) is 29.9. The molecule has 0 unspecified atom stereocenters. The van der Waals surface area contributed by atoms with Gasteiger partial charge in [0, 0.05) is 55.0 Å². The van der Waals surface area contributed by atoms with Crippen LogP contribution in [0.15, 0.2) is 72.0 Å². The minimum Gasteiger partial charge on any atom is -0.482 e. The van der Waals surface area contributed by atoms with E-state index < -0.39 is 20.0 Å². The lowest BCUT2D eigenvalue weighted by Gasteiger charge is -2.33. The number of ether oxygens (including phenoxy) is 2. The van der Waals surface area contributed by atoms with Crippen LogP contribution in [0.4, 0.5) is 17.1 Å². The molecule has 1 aromatic heterocycles. The first-order valence-electron chi connectivity index (χ1n) is 17.6. The van der Waals surface area contributed by atoms with Crippen LogP contribution in [0.2, 0.25) is 18.6 Å². The van der Waals surface area contributed by atoms with Crippen molar-refractivity contribution in [2.75, 3.05) is 29.6 Å². The highest BCUT2D eigenvalue weighted by Gasteiger charge is 2.66. The Labute approximate surface area is 295 Å². The van der Waals surface area contributed by atoms with Gasteiger partial charge in [0.05, 0.1) is 23.2 Å². The van der Waals surface area contributed by atoms with Crippen molar-refractivity contribution >= 4 is 37.2 Å². The maximum Gasteiger partial charge on any atom is 0.269 e. The number of amides is 2. The Hall–Kier alpha value is -4.10. The fourth-order valence-electron chi connectivity index (χ4n) is 7.92. The minimum absolute atomic E-state index is 0.0113. The molecule has 1 saturated heterocycles. The summed E-state index contributed by atoms with van der Waals surface area (Å²) >= 11 is 0. The summed E-state index contributed by atoms with van der Waals surface area (Å²) in [4.78, 5) is 43.6. The molecule has 0 radical (unpaired) electrons. The first-order chi connectivity index (χ1) is 23.8. The van der Waals surface area contributed by atoms with E-state index in [4.69, 9.17) is 9.47 Å². The average molecular weight is 700 g/mol. The van der Waals surface area contributed by atoms with Gasteiger partial charge in [0.15, 0.2) is 20.5 Å². The lowest BCUT2D eigenvalue weighted by atomic mass is 9.82. The van der Waals surface area contributed by atoms with Gasteiger partial charge in [0.2, 0.25) is 0 Å². The van der Waals surface area contributed by atoms with Gasteiger partial charge in [0.1, 0.15) is 5.75 Å². The number of aromatic nitrogens is 3. The summed E-state index contributed by atoms with van der Waals surface area (Å²) in [6.07, 6.45) is 8.47. The van der Waals surface area contributed by atoms with E-state index in [0.29, 0.717) is 54.3 Å². The van der Waals surface area contributed by atoms with Crippen LogP contribution >= 0.6 is 0 Å². The standard InChI is InChI=1S/C38H49N5O6Si/c1-25(2)10-9-11-26(3)16-20-42-31-15-14-29(43-32-12-7-8-13-33(32)48-24-35(43)45)22-30(31)38(37(42)46)27(4)36(50(5,6)47)34(49-38)17-19-41-23-28(18-21-44)39-40-41/h7-8,10,12-16,22-23,27,34,36,44,47H,9,11,17-21,24H2,1-6H3/b26-16+/t27-,34+,36-,38+/m1/s1. The van der Waals surface area contributed by atoms with Crippen LogP contribution in [0.25, 0.3) is 0 Å². The number of hydrogen-bond donors (Lipinski definition) is 2. The van der Waals surface area contributed by atoms with Crippen LogP contribution in [-0.2, 0) is 32.9 Å². The summed E-state index contributed by atoms with van der Waals surface area (Å²) < 4.78 is 14.5. The highest BCUT2D eigenvalue weighted by atomic mass is 28.4. The van der Waals surface area contributed by atoms with Crippen LogP contribution in [0.3, 0.4) is 0 Å². The number of hydrogen-bond acceptors (Lipinski definition) is 8. The molecule has 0 saturated carbocycles. The van der Waals surface area contributed by atoms with Crippen molar-refractivity contribution in [3.63, 3.8) is 0 Å². The van der Waals surface area contributed by atoms with Crippen LogP contribution in [0, 0.1) is 5.92 Å². The average Bonchev–Trinajstić information content (AvgIpc) is 3.71. The highest BCUT2D eigenvalue weighted by molar-refractivity contribution is 6.71. The summed E-state index contributed by atoms with van der Waals surface area (Å²) in [5.74, 6) is -0.109. The second-order valence-electron chi connectivity index (χ2n) is 14.6. The second-order valence-corrected chi connectivity index (χ2v) is 18.5. The molecular weight excluding hydrogens is 651 g/mol. The highest BCUT2D eigenvalue weighted by Crippen LogP contribution is 2.60. The fourth-order valence-corrected chi connectivity index (χ4v) is 10.5. The molecule has 266 valence electrons. The van der Waals surface area contributed by atoms with E-state index in [1.165, 1.54) is 11.1 Å². The van der Waals surface area contributed by atoms with Crippen LogP contribution in [0.5, 0.6) is 5.75 Å². The maximum absolute atomic E-state index is 15.0. The van der Waals surface area contributed by atoms with E-state index in [0.717, 1.165) is 18.5 Å². The lowest BCUT2D eigenvalue weighted by molar-refractivity contribution is -0.145. The van der Waals surface area contributed by atoms with Gasteiger partial charge in [-0.2, -0.15) is 0 Å². The molecule has 2 amide bonds. The van der Waals surface area contributed by atoms with Gasteiger partial charge in [0.25, 0.3) is 11.8 Å². The molecule has 12 heteroatoms. The summed E-state index contributed by atoms with van der Waals surface area (Å²) in [5.41, 5.74) is 4.26. The first kappa shape index (κ1) is 35.7. The molecule has 3 aliphatic rings. The number of benzene rings is 2. The number of para-hydroxylation sites is 2. The largest absolute Gasteiger partial charge is 0.482 e. The number of aliphatic hydroxyl groups is 1. The summed E-state index contributed by atoms with van der Waals surface area (Å²) in [6, 6.07) is 13.2. The molecule has 11 nitrogen and oxygen atoms in total. The number of anilines is 3. The number of aryl methyl sites for hydroxylation is 1. The SMILES string of the molecule is CC(C)=CCC/C(C)=C/CN1C(=O)[C@@]2(O[C@@H](CCn3cc(CCO)nn3)[C@H]([Si](C)(C)O)[C@H]2C)c2cc(N3C(=O)COc4ccccc43)ccc21. The molecule has 4 atom stereocenters. The lowest BCUT2D eigenvalue weighted by Crippen LogP contribution is -2.46.